The summed E-state index contributed by atoms with van der Waals surface area (Å²) in [5.74, 6) is -2.25. The van der Waals surface area contributed by atoms with Crippen LogP contribution in [0.3, 0.4) is 0 Å². The summed E-state index contributed by atoms with van der Waals surface area (Å²) in [4.78, 5) is 28.0. The van der Waals surface area contributed by atoms with Crippen molar-refractivity contribution in [1.29, 1.82) is 0 Å². The van der Waals surface area contributed by atoms with E-state index in [0.29, 0.717) is 0 Å². The number of halogens is 1. The van der Waals surface area contributed by atoms with E-state index >= 15 is 0 Å². The number of ether oxygens (including phenoxy) is 2. The van der Waals surface area contributed by atoms with E-state index in [0.717, 1.165) is 11.6 Å². The van der Waals surface area contributed by atoms with Gasteiger partial charge in [0.05, 0.1) is 25.9 Å². The highest BCUT2D eigenvalue weighted by molar-refractivity contribution is 6.39. The Balaban J connectivity index is 2.07. The van der Waals surface area contributed by atoms with E-state index in [1.54, 1.807) is 31.5 Å². The lowest BCUT2D eigenvalue weighted by atomic mass is 10.1. The van der Waals surface area contributed by atoms with Crippen molar-refractivity contribution in [3.63, 3.8) is 0 Å². The molecular formula is C17H18FN3O4. The fourth-order valence-corrected chi connectivity index (χ4v) is 2.11. The number of aromatic nitrogens is 1. The molecule has 1 heterocycles. The van der Waals surface area contributed by atoms with Crippen molar-refractivity contribution in [2.24, 2.45) is 0 Å². The Bertz CT molecular complexity index is 768. The quantitative estimate of drug-likeness (QED) is 0.808. The van der Waals surface area contributed by atoms with Crippen molar-refractivity contribution < 1.29 is 23.5 Å². The molecule has 2 amide bonds. The van der Waals surface area contributed by atoms with E-state index in [9.17, 15) is 14.0 Å². The molecule has 2 N–H and O–H groups in total. The number of methoxy groups -OCH3 is 2. The molecule has 1 aromatic carbocycles. The number of rotatable bonds is 5. The zero-order valence-corrected chi connectivity index (χ0v) is 14.0. The Kier molecular flexibility index (Phi) is 5.89. The molecule has 8 heteroatoms. The molecule has 7 nitrogen and oxygen atoms in total. The summed E-state index contributed by atoms with van der Waals surface area (Å²) >= 11 is 0. The standard InChI is InChI=1S/C17H18FN3O4/c1-10(11-5-4-6-19-9-11)20-16(22)17(23)21-13-8-15(25-3)14(24-2)7-12(13)18/h4-10H,1-3H3,(H,20,22)(H,21,23)/t10-/m0/s1. The maximum absolute atomic E-state index is 14.0. The monoisotopic (exact) mass is 347 g/mol. The van der Waals surface area contributed by atoms with Gasteiger partial charge in [0.15, 0.2) is 17.3 Å². The Labute approximate surface area is 144 Å². The maximum atomic E-state index is 14.0. The van der Waals surface area contributed by atoms with Gasteiger partial charge in [0.1, 0.15) is 0 Å². The summed E-state index contributed by atoms with van der Waals surface area (Å²) < 4.78 is 24.0. The molecule has 132 valence electrons. The van der Waals surface area contributed by atoms with Gasteiger partial charge in [0, 0.05) is 24.5 Å². The van der Waals surface area contributed by atoms with Crippen LogP contribution < -0.4 is 20.1 Å². The van der Waals surface area contributed by atoms with Gasteiger partial charge in [-0.3, -0.25) is 14.6 Å². The number of carbonyl (C=O) groups excluding carboxylic acids is 2. The summed E-state index contributed by atoms with van der Waals surface area (Å²) in [6, 6.07) is 5.36. The summed E-state index contributed by atoms with van der Waals surface area (Å²) in [5.41, 5.74) is 0.549. The summed E-state index contributed by atoms with van der Waals surface area (Å²) in [6.45, 7) is 1.71. The van der Waals surface area contributed by atoms with E-state index in [-0.39, 0.29) is 17.2 Å². The number of anilines is 1. The molecule has 0 aliphatic heterocycles. The number of carbonyl (C=O) groups is 2. The Morgan fingerprint density at radius 2 is 1.84 bits per heavy atom. The van der Waals surface area contributed by atoms with E-state index in [1.807, 2.05) is 0 Å². The molecule has 0 unspecified atom stereocenters. The fourth-order valence-electron chi connectivity index (χ4n) is 2.11. The highest BCUT2D eigenvalue weighted by atomic mass is 19.1. The summed E-state index contributed by atoms with van der Waals surface area (Å²) in [6.07, 6.45) is 3.18. The molecule has 0 bridgehead atoms. The van der Waals surface area contributed by atoms with Crippen LogP contribution in [0.15, 0.2) is 36.7 Å². The predicted octanol–water partition coefficient (Wildman–Crippen LogP) is 2.05. The predicted molar refractivity (Wildman–Crippen MR) is 88.9 cm³/mol. The number of hydrogen-bond acceptors (Lipinski definition) is 5. The van der Waals surface area contributed by atoms with Gasteiger partial charge in [-0.25, -0.2) is 4.39 Å². The van der Waals surface area contributed by atoms with Gasteiger partial charge >= 0.3 is 11.8 Å². The van der Waals surface area contributed by atoms with E-state index in [1.165, 1.54) is 20.3 Å². The number of amides is 2. The second-order valence-corrected chi connectivity index (χ2v) is 5.12. The molecule has 0 aliphatic rings. The fraction of sp³-hybridized carbons (Fsp3) is 0.235. The molecule has 25 heavy (non-hydrogen) atoms. The lowest BCUT2D eigenvalue weighted by molar-refractivity contribution is -0.136. The first-order valence-corrected chi connectivity index (χ1v) is 7.39. The van der Waals surface area contributed by atoms with Gasteiger partial charge < -0.3 is 20.1 Å². The highest BCUT2D eigenvalue weighted by Gasteiger charge is 2.20. The van der Waals surface area contributed by atoms with Gasteiger partial charge in [-0.15, -0.1) is 0 Å². The summed E-state index contributed by atoms with van der Waals surface area (Å²) in [5, 5.41) is 4.73. The van der Waals surface area contributed by atoms with Crippen molar-refractivity contribution in [2.75, 3.05) is 19.5 Å². The van der Waals surface area contributed by atoms with Crippen LogP contribution in [0.1, 0.15) is 18.5 Å². The number of pyridine rings is 1. The van der Waals surface area contributed by atoms with Gasteiger partial charge in [-0.05, 0) is 18.6 Å². The van der Waals surface area contributed by atoms with Crippen LogP contribution in [0.5, 0.6) is 11.5 Å². The third kappa shape index (κ3) is 4.43. The normalized spacial score (nSPS) is 11.4. The average Bonchev–Trinajstić information content (AvgIpc) is 2.63. The molecule has 0 fully saturated rings. The number of nitrogens with one attached hydrogen (secondary N) is 2. The van der Waals surface area contributed by atoms with Gasteiger partial charge in [-0.2, -0.15) is 0 Å². The van der Waals surface area contributed by atoms with Crippen molar-refractivity contribution >= 4 is 17.5 Å². The van der Waals surface area contributed by atoms with Crippen molar-refractivity contribution in [3.8, 4) is 11.5 Å². The first-order valence-electron chi connectivity index (χ1n) is 7.39. The third-order valence-corrected chi connectivity index (χ3v) is 3.46. The Hall–Kier alpha value is -3.16. The van der Waals surface area contributed by atoms with E-state index in [2.05, 4.69) is 15.6 Å². The van der Waals surface area contributed by atoms with Crippen LogP contribution in [0, 0.1) is 5.82 Å². The molecule has 0 aliphatic carbocycles. The minimum absolute atomic E-state index is 0.174. The maximum Gasteiger partial charge on any atom is 0.313 e. The highest BCUT2D eigenvalue weighted by Crippen LogP contribution is 2.32. The van der Waals surface area contributed by atoms with Gasteiger partial charge in [0.2, 0.25) is 0 Å². The molecule has 0 saturated heterocycles. The van der Waals surface area contributed by atoms with E-state index < -0.39 is 23.7 Å². The van der Waals surface area contributed by atoms with Crippen molar-refractivity contribution in [1.82, 2.24) is 10.3 Å². The largest absolute Gasteiger partial charge is 0.493 e. The minimum Gasteiger partial charge on any atom is -0.493 e. The van der Waals surface area contributed by atoms with Crippen molar-refractivity contribution in [2.45, 2.75) is 13.0 Å². The Morgan fingerprint density at radius 3 is 2.44 bits per heavy atom. The van der Waals surface area contributed by atoms with Crippen molar-refractivity contribution in [3.05, 3.63) is 48.0 Å². The van der Waals surface area contributed by atoms with Crippen LogP contribution >= 0.6 is 0 Å². The van der Waals surface area contributed by atoms with Crippen LogP contribution in [0.25, 0.3) is 0 Å². The summed E-state index contributed by atoms with van der Waals surface area (Å²) in [7, 11) is 2.74. The minimum atomic E-state index is -0.998. The van der Waals surface area contributed by atoms with E-state index in [4.69, 9.17) is 9.47 Å². The number of nitrogens with zero attached hydrogens (tertiary/aromatic N) is 1. The number of benzene rings is 1. The molecule has 0 saturated carbocycles. The smallest absolute Gasteiger partial charge is 0.313 e. The molecule has 0 radical (unpaired) electrons. The molecular weight excluding hydrogens is 329 g/mol. The SMILES string of the molecule is COc1cc(F)c(NC(=O)C(=O)N[C@@H](C)c2cccnc2)cc1OC. The lowest BCUT2D eigenvalue weighted by Gasteiger charge is -2.14. The first kappa shape index (κ1) is 18.2. The van der Waals surface area contributed by atoms with Crippen LogP contribution in [-0.4, -0.2) is 31.0 Å². The number of hydrogen-bond donors (Lipinski definition) is 2. The molecule has 0 spiro atoms. The Morgan fingerprint density at radius 1 is 1.16 bits per heavy atom. The second-order valence-electron chi connectivity index (χ2n) is 5.12. The van der Waals surface area contributed by atoms with Crippen LogP contribution in [-0.2, 0) is 9.59 Å². The topological polar surface area (TPSA) is 89.5 Å². The van der Waals surface area contributed by atoms with Gasteiger partial charge in [-0.1, -0.05) is 6.07 Å². The molecule has 1 atom stereocenters. The van der Waals surface area contributed by atoms with Crippen LogP contribution in [0.4, 0.5) is 10.1 Å². The zero-order valence-electron chi connectivity index (χ0n) is 14.0. The zero-order chi connectivity index (χ0) is 18.4. The average molecular weight is 347 g/mol. The second kappa shape index (κ2) is 8.09. The molecule has 2 rings (SSSR count). The van der Waals surface area contributed by atoms with Crippen LogP contribution in [0.2, 0.25) is 0 Å². The molecule has 2 aromatic rings. The van der Waals surface area contributed by atoms with Gasteiger partial charge in [0.25, 0.3) is 0 Å². The molecule has 1 aromatic heterocycles. The lowest BCUT2D eigenvalue weighted by Crippen LogP contribution is -2.37. The third-order valence-electron chi connectivity index (χ3n) is 3.46. The first-order chi connectivity index (χ1) is 12.0.